The van der Waals surface area contributed by atoms with Gasteiger partial charge in [-0.15, -0.1) is 0 Å². The first kappa shape index (κ1) is 25.2. The molecule has 0 aromatic heterocycles. The van der Waals surface area contributed by atoms with Crippen molar-refractivity contribution < 1.29 is 24.2 Å². The Morgan fingerprint density at radius 3 is 2.12 bits per heavy atom. The summed E-state index contributed by atoms with van der Waals surface area (Å²) in [5, 5.41) is 11.9. The van der Waals surface area contributed by atoms with Gasteiger partial charge in [0.2, 0.25) is 5.91 Å². The van der Waals surface area contributed by atoms with E-state index in [0.29, 0.717) is 25.9 Å². The van der Waals surface area contributed by atoms with Crippen molar-refractivity contribution in [3.05, 3.63) is 59.7 Å². The summed E-state index contributed by atoms with van der Waals surface area (Å²) < 4.78 is 5.60. The number of hydrogen-bond acceptors (Lipinski definition) is 5. The van der Waals surface area contributed by atoms with Gasteiger partial charge in [0.25, 0.3) is 0 Å². The van der Waals surface area contributed by atoms with E-state index in [1.54, 1.807) is 0 Å². The van der Waals surface area contributed by atoms with Crippen molar-refractivity contribution >= 4 is 18.0 Å². The minimum absolute atomic E-state index is 0.0855. The van der Waals surface area contributed by atoms with Crippen LogP contribution in [0.2, 0.25) is 0 Å². The Labute approximate surface area is 200 Å². The number of carbonyl (C=O) groups excluding carboxylic acids is 2. The number of aliphatic carboxylic acids is 1. The lowest BCUT2D eigenvalue weighted by Gasteiger charge is -2.27. The maximum Gasteiger partial charge on any atom is 0.407 e. The summed E-state index contributed by atoms with van der Waals surface area (Å²) in [5.74, 6) is -1.59. The second kappa shape index (κ2) is 11.7. The number of rotatable bonds is 11. The maximum atomic E-state index is 13.1. The highest BCUT2D eigenvalue weighted by Crippen LogP contribution is 2.44. The molecule has 0 aliphatic heterocycles. The molecule has 0 saturated carbocycles. The third-order valence-electron chi connectivity index (χ3n) is 5.93. The number of benzene rings is 2. The van der Waals surface area contributed by atoms with Crippen molar-refractivity contribution in [2.24, 2.45) is 0 Å². The van der Waals surface area contributed by atoms with Gasteiger partial charge in [0.1, 0.15) is 19.2 Å². The predicted octanol–water partition coefficient (Wildman–Crippen LogP) is 3.17. The SMILES string of the molecule is CCCN(CC(=O)O)C(=O)C(CCN(C)C)NC(=O)OCC1c2ccccc2-c2ccccc21. The lowest BCUT2D eigenvalue weighted by molar-refractivity contribution is -0.145. The molecule has 2 aromatic carbocycles. The van der Waals surface area contributed by atoms with Gasteiger partial charge in [-0.1, -0.05) is 55.5 Å². The van der Waals surface area contributed by atoms with E-state index >= 15 is 0 Å². The number of carbonyl (C=O) groups is 3. The average Bonchev–Trinajstić information content (AvgIpc) is 3.13. The van der Waals surface area contributed by atoms with Crippen LogP contribution in [0.1, 0.15) is 36.8 Å². The molecule has 0 bridgehead atoms. The van der Waals surface area contributed by atoms with Gasteiger partial charge in [-0.25, -0.2) is 4.79 Å². The molecule has 0 saturated heterocycles. The van der Waals surface area contributed by atoms with E-state index in [4.69, 9.17) is 4.74 Å². The van der Waals surface area contributed by atoms with E-state index in [-0.39, 0.29) is 12.5 Å². The van der Waals surface area contributed by atoms with Gasteiger partial charge in [0.15, 0.2) is 0 Å². The molecule has 0 heterocycles. The van der Waals surface area contributed by atoms with E-state index in [1.807, 2.05) is 62.3 Å². The van der Waals surface area contributed by atoms with Crippen LogP contribution in [0.25, 0.3) is 11.1 Å². The zero-order valence-electron chi connectivity index (χ0n) is 20.0. The smallest absolute Gasteiger partial charge is 0.407 e. The number of hydrogen-bond donors (Lipinski definition) is 2. The Morgan fingerprint density at radius 1 is 1.00 bits per heavy atom. The number of alkyl carbamates (subject to hydrolysis) is 1. The summed E-state index contributed by atoms with van der Waals surface area (Å²) in [6.07, 6.45) is 0.269. The van der Waals surface area contributed by atoms with Crippen LogP contribution < -0.4 is 5.32 Å². The van der Waals surface area contributed by atoms with Crippen molar-refractivity contribution in [2.75, 3.05) is 40.3 Å². The van der Waals surface area contributed by atoms with Crippen molar-refractivity contribution in [1.82, 2.24) is 15.1 Å². The fourth-order valence-corrected chi connectivity index (χ4v) is 4.35. The number of carboxylic acids is 1. The van der Waals surface area contributed by atoms with E-state index in [9.17, 15) is 19.5 Å². The fourth-order valence-electron chi connectivity index (χ4n) is 4.35. The zero-order chi connectivity index (χ0) is 24.7. The third kappa shape index (κ3) is 6.14. The molecule has 2 aromatic rings. The largest absolute Gasteiger partial charge is 0.480 e. The molecule has 3 rings (SSSR count). The van der Waals surface area contributed by atoms with Crippen LogP contribution in [0.4, 0.5) is 4.79 Å². The van der Waals surface area contributed by atoms with E-state index in [1.165, 1.54) is 4.90 Å². The monoisotopic (exact) mass is 467 g/mol. The molecule has 182 valence electrons. The molecule has 2 N–H and O–H groups in total. The first-order chi connectivity index (χ1) is 16.3. The highest BCUT2D eigenvalue weighted by atomic mass is 16.5. The van der Waals surface area contributed by atoms with Crippen LogP contribution in [0, 0.1) is 0 Å². The fraction of sp³-hybridized carbons (Fsp3) is 0.423. The molecule has 8 heteroatoms. The molecule has 0 fully saturated rings. The van der Waals surface area contributed by atoms with Gasteiger partial charge in [0.05, 0.1) is 0 Å². The van der Waals surface area contributed by atoms with Crippen LogP contribution in [-0.2, 0) is 14.3 Å². The maximum absolute atomic E-state index is 13.1. The number of ether oxygens (including phenoxy) is 1. The van der Waals surface area contributed by atoms with Gasteiger partial charge in [0, 0.05) is 12.5 Å². The first-order valence-corrected chi connectivity index (χ1v) is 11.6. The zero-order valence-corrected chi connectivity index (χ0v) is 20.0. The lowest BCUT2D eigenvalue weighted by atomic mass is 9.98. The quantitative estimate of drug-likeness (QED) is 0.527. The number of amides is 2. The molecule has 0 radical (unpaired) electrons. The second-order valence-corrected chi connectivity index (χ2v) is 8.77. The molecule has 1 aliphatic carbocycles. The number of nitrogens with zero attached hydrogens (tertiary/aromatic N) is 2. The third-order valence-corrected chi connectivity index (χ3v) is 5.93. The summed E-state index contributed by atoms with van der Waals surface area (Å²) in [5.41, 5.74) is 4.48. The van der Waals surface area contributed by atoms with Crippen LogP contribution >= 0.6 is 0 Å². The average molecular weight is 468 g/mol. The van der Waals surface area contributed by atoms with Crippen LogP contribution in [0.3, 0.4) is 0 Å². The number of nitrogens with one attached hydrogen (secondary N) is 1. The van der Waals surface area contributed by atoms with Gasteiger partial charge in [-0.05, 0) is 55.7 Å². The standard InChI is InChI=1S/C26H33N3O5/c1-4-14-29(16-24(30)31)25(32)23(13-15-28(2)3)27-26(33)34-17-22-20-11-7-5-9-18(20)19-10-6-8-12-21(19)22/h5-12,22-23H,4,13-17H2,1-3H3,(H,27,33)(H,30,31). The van der Waals surface area contributed by atoms with Crippen molar-refractivity contribution in [2.45, 2.75) is 31.7 Å². The summed E-state index contributed by atoms with van der Waals surface area (Å²) in [7, 11) is 3.74. The van der Waals surface area contributed by atoms with Crippen molar-refractivity contribution in [3.63, 3.8) is 0 Å². The van der Waals surface area contributed by atoms with Gasteiger partial charge >= 0.3 is 12.1 Å². The van der Waals surface area contributed by atoms with Crippen LogP contribution in [0.15, 0.2) is 48.5 Å². The minimum atomic E-state index is -1.09. The Hall–Kier alpha value is -3.39. The molecule has 1 aliphatic rings. The van der Waals surface area contributed by atoms with Crippen molar-refractivity contribution in [1.29, 1.82) is 0 Å². The molecule has 2 amide bonds. The Kier molecular flexibility index (Phi) is 8.65. The number of carboxylic acid groups (broad SMARTS) is 1. The van der Waals surface area contributed by atoms with Gasteiger partial charge in [-0.2, -0.15) is 0 Å². The Morgan fingerprint density at radius 2 is 1.59 bits per heavy atom. The van der Waals surface area contributed by atoms with E-state index in [0.717, 1.165) is 22.3 Å². The minimum Gasteiger partial charge on any atom is -0.480 e. The van der Waals surface area contributed by atoms with Crippen LogP contribution in [0.5, 0.6) is 0 Å². The highest BCUT2D eigenvalue weighted by molar-refractivity contribution is 5.88. The molecule has 0 spiro atoms. The molecular formula is C26H33N3O5. The molecular weight excluding hydrogens is 434 g/mol. The predicted molar refractivity (Wildman–Crippen MR) is 130 cm³/mol. The van der Waals surface area contributed by atoms with Gasteiger partial charge < -0.3 is 25.0 Å². The topological polar surface area (TPSA) is 99.2 Å². The molecule has 1 atom stereocenters. The summed E-state index contributed by atoms with van der Waals surface area (Å²) in [4.78, 5) is 40.2. The molecule has 1 unspecified atom stereocenters. The summed E-state index contributed by atoms with van der Waals surface area (Å²) in [6, 6.07) is 15.3. The normalized spacial score (nSPS) is 13.2. The Bertz CT molecular complexity index is 978. The van der Waals surface area contributed by atoms with E-state index < -0.39 is 30.6 Å². The lowest BCUT2D eigenvalue weighted by Crippen LogP contribution is -2.51. The molecule has 8 nitrogen and oxygen atoms in total. The highest BCUT2D eigenvalue weighted by Gasteiger charge is 2.31. The summed E-state index contributed by atoms with van der Waals surface area (Å²) >= 11 is 0. The van der Waals surface area contributed by atoms with E-state index in [2.05, 4.69) is 17.4 Å². The summed E-state index contributed by atoms with van der Waals surface area (Å²) in [6.45, 7) is 2.46. The second-order valence-electron chi connectivity index (χ2n) is 8.77. The molecule has 34 heavy (non-hydrogen) atoms. The first-order valence-electron chi connectivity index (χ1n) is 11.6. The number of fused-ring (bicyclic) bond motifs is 3. The Balaban J connectivity index is 1.70. The van der Waals surface area contributed by atoms with Crippen LogP contribution in [-0.4, -0.2) is 79.3 Å². The van der Waals surface area contributed by atoms with Crippen molar-refractivity contribution in [3.8, 4) is 11.1 Å². The van der Waals surface area contributed by atoms with Gasteiger partial charge in [-0.3, -0.25) is 9.59 Å².